The van der Waals surface area contributed by atoms with Gasteiger partial charge in [0, 0.05) is 6.42 Å². The van der Waals surface area contributed by atoms with Gasteiger partial charge in [-0.2, -0.15) is 0 Å². The van der Waals surface area contributed by atoms with Gasteiger partial charge in [0.15, 0.2) is 0 Å². The molecule has 1 rings (SSSR count). The third-order valence-corrected chi connectivity index (χ3v) is 3.65. The Hall–Kier alpha value is -1.26. The molecule has 0 amide bonds. The van der Waals surface area contributed by atoms with E-state index < -0.39 is 0 Å². The maximum atomic E-state index is 11.8. The summed E-state index contributed by atoms with van der Waals surface area (Å²) in [5, 5.41) is 10.2. The summed E-state index contributed by atoms with van der Waals surface area (Å²) in [5.41, 5.74) is 2.72. The highest BCUT2D eigenvalue weighted by Crippen LogP contribution is 2.34. The molecule has 0 aliphatic carbocycles. The van der Waals surface area contributed by atoms with Crippen molar-refractivity contribution in [1.29, 1.82) is 0 Å². The number of halogens is 1. The number of ether oxygens (including phenoxy) is 1. The van der Waals surface area contributed by atoms with E-state index in [1.54, 1.807) is 0 Å². The van der Waals surface area contributed by atoms with Crippen molar-refractivity contribution in [1.82, 2.24) is 0 Å². The Morgan fingerprint density at radius 2 is 1.87 bits per heavy atom. The Balaban J connectivity index is 0.00000484. The minimum Gasteiger partial charge on any atom is -1.00 e. The van der Waals surface area contributed by atoms with E-state index in [1.165, 1.54) is 4.90 Å². The van der Waals surface area contributed by atoms with Crippen molar-refractivity contribution in [2.75, 3.05) is 27.2 Å². The standard InChI is InChI=1S/C18H29NO3.ClH/c1-13-11-14(12-15(17(13)21)18(2,3)4)7-8-16(20)22-10-9-19(5)6;/h11-12,21H,7-10H2,1-6H3;1H. The Bertz CT molecular complexity index is 522. The van der Waals surface area contributed by atoms with Crippen molar-refractivity contribution < 1.29 is 31.9 Å². The quantitative estimate of drug-likeness (QED) is 0.626. The van der Waals surface area contributed by atoms with Crippen LogP contribution in [0.15, 0.2) is 12.1 Å². The van der Waals surface area contributed by atoms with Gasteiger partial charge in [0.1, 0.15) is 18.9 Å². The molecule has 1 aromatic rings. The van der Waals surface area contributed by atoms with Gasteiger partial charge in [0.25, 0.3) is 0 Å². The van der Waals surface area contributed by atoms with Crippen LogP contribution in [-0.4, -0.2) is 38.3 Å². The molecule has 0 radical (unpaired) electrons. The minimum absolute atomic E-state index is 0. The number of hydrogen-bond acceptors (Lipinski definition) is 3. The summed E-state index contributed by atoms with van der Waals surface area (Å²) in [6, 6.07) is 3.95. The molecule has 0 aromatic heterocycles. The Kier molecular flexibility index (Phi) is 8.64. The summed E-state index contributed by atoms with van der Waals surface area (Å²) in [6.07, 6.45) is 1.01. The van der Waals surface area contributed by atoms with Crippen molar-refractivity contribution in [2.45, 2.75) is 46.0 Å². The maximum Gasteiger partial charge on any atom is 0.306 e. The smallest absolute Gasteiger partial charge is 0.306 e. The first-order chi connectivity index (χ1) is 10.1. The van der Waals surface area contributed by atoms with E-state index in [0.717, 1.165) is 23.2 Å². The summed E-state index contributed by atoms with van der Waals surface area (Å²) in [6.45, 7) is 9.39. The van der Waals surface area contributed by atoms with Crippen LogP contribution in [0.3, 0.4) is 0 Å². The van der Waals surface area contributed by atoms with Crippen LogP contribution in [0.4, 0.5) is 0 Å². The molecule has 0 saturated carbocycles. The van der Waals surface area contributed by atoms with Gasteiger partial charge < -0.3 is 27.2 Å². The molecule has 0 atom stereocenters. The minimum atomic E-state index is -0.163. The summed E-state index contributed by atoms with van der Waals surface area (Å²) < 4.78 is 5.22. The number of quaternary nitrogens is 1. The molecular weight excluding hydrogens is 314 g/mol. The monoisotopic (exact) mass is 343 g/mol. The number of benzene rings is 1. The highest BCUT2D eigenvalue weighted by Gasteiger charge is 2.20. The average molecular weight is 344 g/mol. The predicted molar refractivity (Wildman–Crippen MR) is 88.5 cm³/mol. The topological polar surface area (TPSA) is 51.0 Å². The van der Waals surface area contributed by atoms with E-state index in [9.17, 15) is 9.90 Å². The lowest BCUT2D eigenvalue weighted by atomic mass is 9.83. The van der Waals surface area contributed by atoms with Crippen LogP contribution in [0, 0.1) is 6.92 Å². The van der Waals surface area contributed by atoms with Gasteiger partial charge in [-0.05, 0) is 35.4 Å². The van der Waals surface area contributed by atoms with Crippen LogP contribution >= 0.6 is 0 Å². The second kappa shape index (κ2) is 9.14. The molecule has 0 spiro atoms. The number of hydrogen-bond donors (Lipinski definition) is 2. The van der Waals surface area contributed by atoms with Crippen molar-refractivity contribution in [3.63, 3.8) is 0 Å². The SMILES string of the molecule is Cc1cc(CCC(=O)OCC[NH+](C)C)cc(C(C)(C)C)c1O.[Cl-]. The van der Waals surface area contributed by atoms with Crippen LogP contribution in [0.2, 0.25) is 0 Å². The molecule has 0 bridgehead atoms. The van der Waals surface area contributed by atoms with Crippen molar-refractivity contribution in [3.05, 3.63) is 28.8 Å². The van der Waals surface area contributed by atoms with Crippen molar-refractivity contribution in [3.8, 4) is 5.75 Å². The van der Waals surface area contributed by atoms with Gasteiger partial charge in [0.2, 0.25) is 0 Å². The van der Waals surface area contributed by atoms with E-state index in [4.69, 9.17) is 4.74 Å². The molecule has 23 heavy (non-hydrogen) atoms. The van der Waals surface area contributed by atoms with Gasteiger partial charge >= 0.3 is 5.97 Å². The van der Waals surface area contributed by atoms with Crippen molar-refractivity contribution >= 4 is 5.97 Å². The largest absolute Gasteiger partial charge is 1.00 e. The third-order valence-electron chi connectivity index (χ3n) is 3.65. The predicted octanol–water partition coefficient (Wildman–Crippen LogP) is -1.38. The second-order valence-corrected chi connectivity index (χ2v) is 7.24. The molecular formula is C18H30ClNO3. The van der Waals surface area contributed by atoms with Gasteiger partial charge in [-0.25, -0.2) is 0 Å². The molecule has 4 nitrogen and oxygen atoms in total. The summed E-state index contributed by atoms with van der Waals surface area (Å²) in [5.74, 6) is 0.192. The number of likely N-dealkylation sites (N-methyl/N-ethyl adjacent to an activating group) is 1. The number of carbonyl (C=O) groups excluding carboxylic acids is 1. The highest BCUT2D eigenvalue weighted by atomic mass is 35.5. The lowest BCUT2D eigenvalue weighted by Gasteiger charge is -2.22. The number of phenolic OH excluding ortho intramolecular Hbond substituents is 1. The molecule has 0 aliphatic rings. The lowest BCUT2D eigenvalue weighted by Crippen LogP contribution is -3.06. The number of aryl methyl sites for hydroxylation is 2. The number of nitrogens with one attached hydrogen (secondary N) is 1. The van der Waals surface area contributed by atoms with E-state index in [2.05, 4.69) is 20.8 Å². The summed E-state index contributed by atoms with van der Waals surface area (Å²) >= 11 is 0. The summed E-state index contributed by atoms with van der Waals surface area (Å²) in [7, 11) is 4.06. The van der Waals surface area contributed by atoms with Gasteiger partial charge in [-0.3, -0.25) is 4.79 Å². The Morgan fingerprint density at radius 3 is 2.39 bits per heavy atom. The zero-order valence-electron chi connectivity index (χ0n) is 15.1. The average Bonchev–Trinajstić information content (AvgIpc) is 2.38. The fraction of sp³-hybridized carbons (Fsp3) is 0.611. The molecule has 1 aromatic carbocycles. The first-order valence-electron chi connectivity index (χ1n) is 7.89. The molecule has 0 fully saturated rings. The number of esters is 1. The fourth-order valence-corrected chi connectivity index (χ4v) is 2.26. The van der Waals surface area contributed by atoms with Crippen molar-refractivity contribution in [2.24, 2.45) is 0 Å². The normalized spacial score (nSPS) is 11.3. The first kappa shape index (κ1) is 21.7. The number of aromatic hydroxyl groups is 1. The molecule has 0 aliphatic heterocycles. The molecule has 5 heteroatoms. The molecule has 0 unspecified atom stereocenters. The van der Waals surface area contributed by atoms with Gasteiger partial charge in [0.05, 0.1) is 14.1 Å². The van der Waals surface area contributed by atoms with E-state index in [0.29, 0.717) is 25.2 Å². The zero-order chi connectivity index (χ0) is 16.9. The summed E-state index contributed by atoms with van der Waals surface area (Å²) in [4.78, 5) is 13.0. The van der Waals surface area contributed by atoms with Gasteiger partial charge in [-0.1, -0.05) is 32.9 Å². The second-order valence-electron chi connectivity index (χ2n) is 7.24. The van der Waals surface area contributed by atoms with Crippen LogP contribution in [0.1, 0.15) is 43.9 Å². The van der Waals surface area contributed by atoms with Crippen LogP contribution < -0.4 is 17.3 Å². The van der Waals surface area contributed by atoms with Crippen LogP contribution in [-0.2, 0) is 21.4 Å². The molecule has 132 valence electrons. The van der Waals surface area contributed by atoms with Crippen LogP contribution in [0.5, 0.6) is 5.75 Å². The van der Waals surface area contributed by atoms with E-state index >= 15 is 0 Å². The van der Waals surface area contributed by atoms with Crippen LogP contribution in [0.25, 0.3) is 0 Å². The Morgan fingerprint density at radius 1 is 1.26 bits per heavy atom. The maximum absolute atomic E-state index is 11.8. The number of carbonyl (C=O) groups is 1. The Labute approximate surface area is 146 Å². The zero-order valence-corrected chi connectivity index (χ0v) is 15.9. The fourth-order valence-electron chi connectivity index (χ4n) is 2.26. The number of phenols is 1. The van der Waals surface area contributed by atoms with Gasteiger partial charge in [-0.15, -0.1) is 0 Å². The molecule has 2 N–H and O–H groups in total. The van der Waals surface area contributed by atoms with E-state index in [1.807, 2.05) is 33.2 Å². The molecule has 0 heterocycles. The number of rotatable bonds is 6. The third kappa shape index (κ3) is 7.23. The first-order valence-corrected chi connectivity index (χ1v) is 7.89. The van der Waals surface area contributed by atoms with E-state index in [-0.39, 0.29) is 23.8 Å². The molecule has 0 saturated heterocycles. The lowest BCUT2D eigenvalue weighted by molar-refractivity contribution is -0.858. The highest BCUT2D eigenvalue weighted by molar-refractivity contribution is 5.69.